The van der Waals surface area contributed by atoms with E-state index in [0.717, 1.165) is 22.5 Å². The number of amides is 1. The summed E-state index contributed by atoms with van der Waals surface area (Å²) in [7, 11) is 0. The second kappa shape index (κ2) is 8.71. The molecular formula is C23H18ClN5O. The molecule has 30 heavy (non-hydrogen) atoms. The van der Waals surface area contributed by atoms with Crippen molar-refractivity contribution in [3.63, 3.8) is 0 Å². The van der Waals surface area contributed by atoms with E-state index in [1.54, 1.807) is 36.7 Å². The monoisotopic (exact) mass is 415 g/mol. The van der Waals surface area contributed by atoms with E-state index in [1.807, 2.05) is 49.4 Å². The number of anilines is 3. The number of nitrogens with zero attached hydrogens (tertiary/aromatic N) is 3. The molecule has 0 fully saturated rings. The van der Waals surface area contributed by atoms with E-state index < -0.39 is 0 Å². The predicted molar refractivity (Wildman–Crippen MR) is 119 cm³/mol. The number of aromatic nitrogens is 3. The molecule has 0 saturated carbocycles. The van der Waals surface area contributed by atoms with Crippen LogP contribution in [0.2, 0.25) is 5.15 Å². The lowest BCUT2D eigenvalue weighted by Crippen LogP contribution is -2.12. The highest BCUT2D eigenvalue weighted by atomic mass is 35.5. The Labute approximate surface area is 179 Å². The second-order valence-corrected chi connectivity index (χ2v) is 7.00. The lowest BCUT2D eigenvalue weighted by Gasteiger charge is -2.12. The van der Waals surface area contributed by atoms with Gasteiger partial charge in [-0.1, -0.05) is 35.9 Å². The van der Waals surface area contributed by atoms with Gasteiger partial charge in [0.1, 0.15) is 5.15 Å². The molecule has 1 amide bonds. The van der Waals surface area contributed by atoms with E-state index in [9.17, 15) is 4.79 Å². The molecule has 0 radical (unpaired) electrons. The molecule has 2 aromatic carbocycles. The smallest absolute Gasteiger partial charge is 0.255 e. The lowest BCUT2D eigenvalue weighted by atomic mass is 10.1. The van der Waals surface area contributed by atoms with Gasteiger partial charge in [0, 0.05) is 34.9 Å². The maximum atomic E-state index is 12.4. The summed E-state index contributed by atoms with van der Waals surface area (Å²) in [5.74, 6) is 0.274. The Hall–Kier alpha value is -3.77. The van der Waals surface area contributed by atoms with Gasteiger partial charge in [-0.25, -0.2) is 15.0 Å². The Bertz CT molecular complexity index is 1180. The van der Waals surface area contributed by atoms with Crippen LogP contribution in [-0.4, -0.2) is 20.9 Å². The highest BCUT2D eigenvalue weighted by molar-refractivity contribution is 6.29. The van der Waals surface area contributed by atoms with Gasteiger partial charge in [0.15, 0.2) is 0 Å². The summed E-state index contributed by atoms with van der Waals surface area (Å²) in [6.45, 7) is 1.97. The summed E-state index contributed by atoms with van der Waals surface area (Å²) in [6.07, 6.45) is 3.34. The molecule has 0 saturated heterocycles. The SMILES string of the molecule is Cc1ccc(NC(=O)c2ccccc2)cc1Nc1nccc(-c2ccc(Cl)nc2)n1. The highest BCUT2D eigenvalue weighted by Gasteiger charge is 2.09. The topological polar surface area (TPSA) is 79.8 Å². The van der Waals surface area contributed by atoms with Crippen molar-refractivity contribution in [3.05, 3.63) is 95.4 Å². The molecule has 2 N–H and O–H groups in total. The van der Waals surface area contributed by atoms with Crippen molar-refractivity contribution in [2.75, 3.05) is 10.6 Å². The van der Waals surface area contributed by atoms with Crippen LogP contribution in [0, 0.1) is 6.92 Å². The third kappa shape index (κ3) is 4.61. The van der Waals surface area contributed by atoms with Crippen molar-refractivity contribution in [1.82, 2.24) is 15.0 Å². The fraction of sp³-hybridized carbons (Fsp3) is 0.0435. The Morgan fingerprint density at radius 1 is 0.967 bits per heavy atom. The molecule has 2 aromatic heterocycles. The minimum Gasteiger partial charge on any atom is -0.324 e. The van der Waals surface area contributed by atoms with Crippen LogP contribution in [0.4, 0.5) is 17.3 Å². The third-order valence-electron chi connectivity index (χ3n) is 4.46. The Balaban J connectivity index is 1.55. The van der Waals surface area contributed by atoms with Gasteiger partial charge in [0.05, 0.1) is 5.69 Å². The van der Waals surface area contributed by atoms with Crippen LogP contribution in [0.15, 0.2) is 79.1 Å². The number of pyridine rings is 1. The summed E-state index contributed by atoms with van der Waals surface area (Å²) in [5.41, 5.74) is 4.63. The molecule has 0 unspecified atom stereocenters. The van der Waals surface area contributed by atoms with Crippen LogP contribution >= 0.6 is 11.6 Å². The van der Waals surface area contributed by atoms with Gasteiger partial charge in [-0.05, 0) is 55.0 Å². The maximum Gasteiger partial charge on any atom is 0.255 e. The third-order valence-corrected chi connectivity index (χ3v) is 4.68. The number of carbonyl (C=O) groups is 1. The van der Waals surface area contributed by atoms with Crippen LogP contribution in [-0.2, 0) is 0 Å². The zero-order valence-corrected chi connectivity index (χ0v) is 16.9. The Morgan fingerprint density at radius 2 is 1.80 bits per heavy atom. The van der Waals surface area contributed by atoms with E-state index in [0.29, 0.717) is 22.4 Å². The first-order chi connectivity index (χ1) is 14.6. The summed E-state index contributed by atoms with van der Waals surface area (Å²) < 4.78 is 0. The molecule has 7 heteroatoms. The van der Waals surface area contributed by atoms with Crippen LogP contribution < -0.4 is 10.6 Å². The maximum absolute atomic E-state index is 12.4. The average molecular weight is 416 g/mol. The molecular weight excluding hydrogens is 398 g/mol. The molecule has 6 nitrogen and oxygen atoms in total. The van der Waals surface area contributed by atoms with Gasteiger partial charge in [0.2, 0.25) is 5.95 Å². The summed E-state index contributed by atoms with van der Waals surface area (Å²) >= 11 is 5.86. The van der Waals surface area contributed by atoms with Gasteiger partial charge in [-0.3, -0.25) is 4.79 Å². The number of carbonyl (C=O) groups excluding carboxylic acids is 1. The summed E-state index contributed by atoms with van der Waals surface area (Å²) in [6, 6.07) is 20.1. The normalized spacial score (nSPS) is 10.5. The first-order valence-electron chi connectivity index (χ1n) is 9.27. The minimum atomic E-state index is -0.168. The molecule has 148 valence electrons. The number of benzene rings is 2. The number of hydrogen-bond acceptors (Lipinski definition) is 5. The van der Waals surface area contributed by atoms with Gasteiger partial charge < -0.3 is 10.6 Å². The van der Waals surface area contributed by atoms with Gasteiger partial charge >= 0.3 is 0 Å². The van der Waals surface area contributed by atoms with E-state index in [-0.39, 0.29) is 5.91 Å². The lowest BCUT2D eigenvalue weighted by molar-refractivity contribution is 0.102. The predicted octanol–water partition coefficient (Wildman–Crippen LogP) is 5.50. The van der Waals surface area contributed by atoms with Crippen molar-refractivity contribution in [2.24, 2.45) is 0 Å². The van der Waals surface area contributed by atoms with Gasteiger partial charge in [-0.2, -0.15) is 0 Å². The number of aryl methyl sites for hydroxylation is 1. The molecule has 0 spiro atoms. The fourth-order valence-corrected chi connectivity index (χ4v) is 2.97. The summed E-state index contributed by atoms with van der Waals surface area (Å²) in [4.78, 5) is 25.4. The van der Waals surface area contributed by atoms with Crippen LogP contribution in [0.5, 0.6) is 0 Å². The molecule has 0 aliphatic rings. The molecule has 0 bridgehead atoms. The van der Waals surface area contributed by atoms with Gasteiger partial charge in [0.25, 0.3) is 5.91 Å². The zero-order valence-electron chi connectivity index (χ0n) is 16.1. The van der Waals surface area contributed by atoms with Crippen molar-refractivity contribution >= 4 is 34.8 Å². The number of rotatable bonds is 5. The fourth-order valence-electron chi connectivity index (χ4n) is 2.85. The largest absolute Gasteiger partial charge is 0.324 e. The second-order valence-electron chi connectivity index (χ2n) is 6.61. The first kappa shape index (κ1) is 19.5. The highest BCUT2D eigenvalue weighted by Crippen LogP contribution is 2.25. The molecule has 2 heterocycles. The minimum absolute atomic E-state index is 0.168. The quantitative estimate of drug-likeness (QED) is 0.421. The zero-order chi connectivity index (χ0) is 20.9. The van der Waals surface area contributed by atoms with E-state index in [2.05, 4.69) is 25.6 Å². The van der Waals surface area contributed by atoms with E-state index in [1.165, 1.54) is 0 Å². The number of halogens is 1. The standard InChI is InChI=1S/C23H18ClN5O/c1-15-7-9-18(27-22(30)16-5-3-2-4-6-16)13-20(15)29-23-25-12-11-19(28-23)17-8-10-21(24)26-14-17/h2-14H,1H3,(H,27,30)(H,25,28,29). The first-order valence-corrected chi connectivity index (χ1v) is 9.65. The van der Waals surface area contributed by atoms with Crippen molar-refractivity contribution in [2.45, 2.75) is 6.92 Å². The van der Waals surface area contributed by atoms with E-state index >= 15 is 0 Å². The summed E-state index contributed by atoms with van der Waals surface area (Å²) in [5, 5.41) is 6.57. The van der Waals surface area contributed by atoms with Crippen molar-refractivity contribution < 1.29 is 4.79 Å². The molecule has 0 atom stereocenters. The number of hydrogen-bond donors (Lipinski definition) is 2. The Morgan fingerprint density at radius 3 is 2.57 bits per heavy atom. The number of nitrogens with one attached hydrogen (secondary N) is 2. The van der Waals surface area contributed by atoms with Crippen molar-refractivity contribution in [1.29, 1.82) is 0 Å². The van der Waals surface area contributed by atoms with Crippen LogP contribution in [0.3, 0.4) is 0 Å². The van der Waals surface area contributed by atoms with Gasteiger partial charge in [-0.15, -0.1) is 0 Å². The van der Waals surface area contributed by atoms with Crippen LogP contribution in [0.25, 0.3) is 11.3 Å². The molecule has 0 aliphatic carbocycles. The van der Waals surface area contributed by atoms with E-state index in [4.69, 9.17) is 11.6 Å². The van der Waals surface area contributed by atoms with Crippen molar-refractivity contribution in [3.8, 4) is 11.3 Å². The molecule has 0 aliphatic heterocycles. The Kier molecular flexibility index (Phi) is 5.68. The molecule has 4 rings (SSSR count). The van der Waals surface area contributed by atoms with Crippen LogP contribution in [0.1, 0.15) is 15.9 Å². The average Bonchev–Trinajstić information content (AvgIpc) is 2.77. The molecule has 4 aromatic rings.